The van der Waals surface area contributed by atoms with Crippen molar-refractivity contribution in [3.05, 3.63) is 69.1 Å². The Balaban J connectivity index is 1.04. The molecule has 3 aromatic rings. The van der Waals surface area contributed by atoms with E-state index in [0.717, 1.165) is 44.4 Å². The minimum absolute atomic E-state index is 0.0569. The largest absolute Gasteiger partial charge is 0.418 e. The van der Waals surface area contributed by atoms with Crippen molar-refractivity contribution in [1.82, 2.24) is 34.4 Å². The van der Waals surface area contributed by atoms with E-state index in [1.54, 1.807) is 9.80 Å². The van der Waals surface area contributed by atoms with Crippen LogP contribution in [0.2, 0.25) is 5.02 Å². The monoisotopic (exact) mass is 742 g/mol. The molecule has 5 aliphatic rings. The Morgan fingerprint density at radius 3 is 2.27 bits per heavy atom. The molecule has 2 amide bonds. The second-order valence-electron chi connectivity index (χ2n) is 14.6. The average Bonchev–Trinajstić information content (AvgIpc) is 3.56. The number of amides is 2. The number of aromatic nitrogens is 3. The highest BCUT2D eigenvalue weighted by molar-refractivity contribution is 6.33. The van der Waals surface area contributed by atoms with E-state index in [1.807, 2.05) is 30.3 Å². The highest BCUT2D eigenvalue weighted by Crippen LogP contribution is 2.40. The van der Waals surface area contributed by atoms with Gasteiger partial charge in [-0.1, -0.05) is 41.9 Å². The number of rotatable bonds is 9. The number of hydrogen-bond donors (Lipinski definition) is 2. The number of carbonyl (C=O) groups is 2. The maximum Gasteiger partial charge on any atom is 0.418 e. The molecule has 1 aromatic heterocycles. The summed E-state index contributed by atoms with van der Waals surface area (Å²) in [4.78, 5) is 52.2. The van der Waals surface area contributed by atoms with E-state index >= 15 is 0 Å². The van der Waals surface area contributed by atoms with E-state index < -0.39 is 17.7 Å². The highest BCUT2D eigenvalue weighted by Gasteiger charge is 2.40. The first-order valence-electron chi connectivity index (χ1n) is 18.3. The number of H-pyrrole nitrogens is 1. The molecule has 1 unspecified atom stereocenters. The number of anilines is 1. The van der Waals surface area contributed by atoms with Crippen LogP contribution in [0.3, 0.4) is 0 Å². The van der Waals surface area contributed by atoms with Crippen molar-refractivity contribution < 1.29 is 22.8 Å². The van der Waals surface area contributed by atoms with Crippen LogP contribution in [-0.4, -0.2) is 118 Å². The third-order valence-corrected chi connectivity index (χ3v) is 11.8. The molecule has 11 nitrogen and oxygen atoms in total. The first-order chi connectivity index (χ1) is 25.0. The topological polar surface area (TPSA) is 110 Å². The smallest absolute Gasteiger partial charge is 0.386 e. The molecule has 5 saturated heterocycles. The molecule has 2 aromatic carbocycles. The fraction of sp³-hybridized carbons (Fsp3) is 0.568. The molecule has 0 saturated carbocycles. The predicted octanol–water partition coefficient (Wildman–Crippen LogP) is 4.60. The maximum atomic E-state index is 14.2. The van der Waals surface area contributed by atoms with Gasteiger partial charge in [0.25, 0.3) is 0 Å². The zero-order valence-electron chi connectivity index (χ0n) is 29.4. The van der Waals surface area contributed by atoms with Crippen molar-refractivity contribution >= 4 is 29.1 Å². The summed E-state index contributed by atoms with van der Waals surface area (Å²) >= 11 is 6.33. The van der Waals surface area contributed by atoms with E-state index in [1.165, 1.54) is 30.6 Å². The van der Waals surface area contributed by atoms with E-state index in [2.05, 4.69) is 25.2 Å². The lowest BCUT2D eigenvalue weighted by Crippen LogP contribution is -2.61. The normalized spacial score (nSPS) is 23.5. The number of carbonyl (C=O) groups excluding carboxylic acids is 2. The Morgan fingerprint density at radius 2 is 1.65 bits per heavy atom. The van der Waals surface area contributed by atoms with Crippen LogP contribution in [0.25, 0.3) is 11.4 Å². The van der Waals surface area contributed by atoms with Gasteiger partial charge in [0.1, 0.15) is 0 Å². The Labute approximate surface area is 306 Å². The molecule has 6 heterocycles. The lowest BCUT2D eigenvalue weighted by atomic mass is 9.83. The van der Waals surface area contributed by atoms with E-state index in [0.29, 0.717) is 56.8 Å². The molecule has 0 radical (unpaired) electrons. The average molecular weight is 743 g/mol. The number of hydrogen-bond acceptors (Lipinski definition) is 7. The van der Waals surface area contributed by atoms with Crippen LogP contribution in [0.1, 0.15) is 49.3 Å². The quantitative estimate of drug-likeness (QED) is 0.330. The van der Waals surface area contributed by atoms with Gasteiger partial charge >= 0.3 is 11.9 Å². The van der Waals surface area contributed by atoms with Crippen LogP contribution < -0.4 is 11.0 Å². The lowest BCUT2D eigenvalue weighted by Gasteiger charge is -2.51. The first-order valence-corrected chi connectivity index (χ1v) is 18.7. The van der Waals surface area contributed by atoms with Gasteiger partial charge < -0.3 is 20.0 Å². The van der Waals surface area contributed by atoms with Crippen molar-refractivity contribution in [3.8, 4) is 11.4 Å². The number of likely N-dealkylation sites (tertiary alicyclic amines) is 1. The summed E-state index contributed by atoms with van der Waals surface area (Å²) < 4.78 is 43.7. The molecule has 2 bridgehead atoms. The van der Waals surface area contributed by atoms with Gasteiger partial charge in [-0.05, 0) is 68.8 Å². The number of nitrogens with zero attached hydrogens (tertiary/aromatic N) is 6. The van der Waals surface area contributed by atoms with Crippen molar-refractivity contribution in [2.24, 2.45) is 11.8 Å². The summed E-state index contributed by atoms with van der Waals surface area (Å²) in [6.45, 7) is 6.57. The molecule has 5 aliphatic heterocycles. The van der Waals surface area contributed by atoms with E-state index in [4.69, 9.17) is 11.6 Å². The molecule has 8 rings (SSSR count). The van der Waals surface area contributed by atoms with Crippen molar-refractivity contribution in [3.63, 3.8) is 0 Å². The van der Waals surface area contributed by atoms with Gasteiger partial charge in [-0.15, -0.1) is 5.10 Å². The van der Waals surface area contributed by atoms with Gasteiger partial charge in [-0.3, -0.25) is 19.5 Å². The minimum atomic E-state index is -4.67. The third-order valence-electron chi connectivity index (χ3n) is 11.5. The Hall–Kier alpha value is -3.88. The van der Waals surface area contributed by atoms with Gasteiger partial charge in [-0.2, -0.15) is 13.2 Å². The third kappa shape index (κ3) is 7.74. The number of benzene rings is 2. The SMILES string of the molecule is CNc1c(Cl)cc(C[C@@H](CC(=O)N2CCC(n3nc(-c4ccccc4)[nH]c3=O)CC2)C(=O)N2CCN(C3CN4CCC3CC4)CC2)cc1C(F)(F)F. The fourth-order valence-corrected chi connectivity index (χ4v) is 9.02. The van der Waals surface area contributed by atoms with Crippen LogP contribution in [0.5, 0.6) is 0 Å². The second kappa shape index (κ2) is 15.2. The molecular weight excluding hydrogens is 697 g/mol. The van der Waals surface area contributed by atoms with E-state index in [-0.39, 0.29) is 52.7 Å². The molecule has 0 spiro atoms. The van der Waals surface area contributed by atoms with Crippen LogP contribution >= 0.6 is 11.6 Å². The van der Waals surface area contributed by atoms with Crippen LogP contribution in [-0.2, 0) is 22.2 Å². The standard InChI is InChI=1S/C37H46ClF3N8O3/c1-42-33-29(37(39,40)41)20-24(21-30(33)38)19-27(35(51)48-17-15-46(16-18-48)31-23-45-11-7-25(31)8-12-45)22-32(50)47-13-9-28(10-14-47)49-36(52)43-34(44-49)26-5-3-2-4-6-26/h2-6,20-21,25,27-28,31,42H,7-19,22-23H2,1H3,(H,43,44,52)/t27-,31?/m0/s1. The summed E-state index contributed by atoms with van der Waals surface area (Å²) in [5.74, 6) is -0.181. The maximum absolute atomic E-state index is 14.2. The highest BCUT2D eigenvalue weighted by atomic mass is 35.5. The summed E-state index contributed by atoms with van der Waals surface area (Å²) in [6, 6.07) is 12.1. The number of aromatic amines is 1. The lowest BCUT2D eigenvalue weighted by molar-refractivity contribution is -0.143. The van der Waals surface area contributed by atoms with Gasteiger partial charge in [0, 0.05) is 70.9 Å². The molecule has 280 valence electrons. The summed E-state index contributed by atoms with van der Waals surface area (Å²) in [7, 11) is 1.38. The fourth-order valence-electron chi connectivity index (χ4n) is 8.68. The summed E-state index contributed by atoms with van der Waals surface area (Å²) in [6.07, 6.45) is -1.46. The zero-order valence-corrected chi connectivity index (χ0v) is 30.1. The number of alkyl halides is 3. The minimum Gasteiger partial charge on any atom is -0.386 e. The zero-order chi connectivity index (χ0) is 36.6. The Kier molecular flexibility index (Phi) is 10.7. The molecule has 52 heavy (non-hydrogen) atoms. The van der Waals surface area contributed by atoms with Gasteiger partial charge in [0.2, 0.25) is 11.8 Å². The first kappa shape index (κ1) is 36.5. The Bertz CT molecular complexity index is 1790. The van der Waals surface area contributed by atoms with Crippen LogP contribution in [0.4, 0.5) is 18.9 Å². The molecule has 0 aliphatic carbocycles. The predicted molar refractivity (Wildman–Crippen MR) is 192 cm³/mol. The number of piperazine rings is 1. The number of fused-ring (bicyclic) bond motifs is 3. The summed E-state index contributed by atoms with van der Waals surface area (Å²) in [5.41, 5.74) is -0.405. The van der Waals surface area contributed by atoms with Crippen LogP contribution in [0.15, 0.2) is 47.3 Å². The number of nitrogens with one attached hydrogen (secondary N) is 2. The van der Waals surface area contributed by atoms with Gasteiger partial charge in [-0.25, -0.2) is 9.48 Å². The molecule has 5 fully saturated rings. The van der Waals surface area contributed by atoms with Crippen LogP contribution in [0, 0.1) is 11.8 Å². The van der Waals surface area contributed by atoms with Crippen molar-refractivity contribution in [2.45, 2.75) is 56.8 Å². The molecule has 2 N–H and O–H groups in total. The van der Waals surface area contributed by atoms with Crippen molar-refractivity contribution in [2.75, 3.05) is 71.3 Å². The van der Waals surface area contributed by atoms with Gasteiger partial charge in [0.15, 0.2) is 5.82 Å². The van der Waals surface area contributed by atoms with E-state index in [9.17, 15) is 27.6 Å². The van der Waals surface area contributed by atoms with Crippen molar-refractivity contribution in [1.29, 1.82) is 0 Å². The Morgan fingerprint density at radius 1 is 0.962 bits per heavy atom. The summed E-state index contributed by atoms with van der Waals surface area (Å²) in [5, 5.41) is 6.98. The van der Waals surface area contributed by atoms with Gasteiger partial charge in [0.05, 0.1) is 28.2 Å². The molecule has 15 heteroatoms. The number of piperidine rings is 4. The molecular formula is C37H46ClF3N8O3. The number of halogens is 4. The molecule has 2 atom stereocenters. The second-order valence-corrected chi connectivity index (χ2v) is 15.0.